The fourth-order valence-corrected chi connectivity index (χ4v) is 2.34. The quantitative estimate of drug-likeness (QED) is 0.718. The molecule has 0 saturated carbocycles. The average Bonchev–Trinajstić information content (AvgIpc) is 2.28. The number of nitrogens with zero attached hydrogens (tertiary/aromatic N) is 1. The number of nitrogens with one attached hydrogen (secondary N) is 1. The minimum Gasteiger partial charge on any atom is -0.313 e. The molecule has 1 atom stereocenters. The van der Waals surface area contributed by atoms with Crippen LogP contribution in [0.15, 0.2) is 0 Å². The standard InChI is InChI=1S/C14H30N2/c1-13(2)7-8-14(3)15-9-12-16-10-5-4-6-11-16/h13-15H,4-12H2,1-3H3. The molecule has 1 N–H and O–H groups in total. The van der Waals surface area contributed by atoms with Crippen molar-refractivity contribution in [3.05, 3.63) is 0 Å². The van der Waals surface area contributed by atoms with Crippen LogP contribution in [-0.4, -0.2) is 37.1 Å². The first-order chi connectivity index (χ1) is 7.68. The molecule has 1 aliphatic rings. The van der Waals surface area contributed by atoms with Crippen molar-refractivity contribution >= 4 is 0 Å². The second-order valence-electron chi connectivity index (χ2n) is 5.73. The van der Waals surface area contributed by atoms with E-state index in [1.165, 1.54) is 58.3 Å². The second-order valence-corrected chi connectivity index (χ2v) is 5.73. The van der Waals surface area contributed by atoms with E-state index >= 15 is 0 Å². The van der Waals surface area contributed by atoms with Gasteiger partial charge < -0.3 is 10.2 Å². The third-order valence-electron chi connectivity index (χ3n) is 3.55. The Balaban J connectivity index is 1.96. The van der Waals surface area contributed by atoms with Crippen LogP contribution in [0.5, 0.6) is 0 Å². The predicted molar refractivity (Wildman–Crippen MR) is 71.8 cm³/mol. The molecule has 1 rings (SSSR count). The van der Waals surface area contributed by atoms with E-state index in [2.05, 4.69) is 31.0 Å². The second kappa shape index (κ2) is 8.08. The van der Waals surface area contributed by atoms with E-state index in [4.69, 9.17) is 0 Å². The molecule has 0 amide bonds. The van der Waals surface area contributed by atoms with Gasteiger partial charge in [0.2, 0.25) is 0 Å². The number of hydrogen-bond acceptors (Lipinski definition) is 2. The van der Waals surface area contributed by atoms with Crippen molar-refractivity contribution in [2.45, 2.75) is 58.9 Å². The van der Waals surface area contributed by atoms with Crippen molar-refractivity contribution in [2.75, 3.05) is 26.2 Å². The Morgan fingerprint density at radius 1 is 1.00 bits per heavy atom. The zero-order valence-corrected chi connectivity index (χ0v) is 11.5. The minimum absolute atomic E-state index is 0.687. The van der Waals surface area contributed by atoms with Crippen LogP contribution in [0.3, 0.4) is 0 Å². The topological polar surface area (TPSA) is 15.3 Å². The maximum Gasteiger partial charge on any atom is 0.0107 e. The van der Waals surface area contributed by atoms with Gasteiger partial charge in [0.25, 0.3) is 0 Å². The number of piperidine rings is 1. The number of hydrogen-bond donors (Lipinski definition) is 1. The Hall–Kier alpha value is -0.0800. The summed E-state index contributed by atoms with van der Waals surface area (Å²) in [5, 5.41) is 3.64. The van der Waals surface area contributed by atoms with E-state index in [-0.39, 0.29) is 0 Å². The molecule has 1 fully saturated rings. The van der Waals surface area contributed by atoms with Crippen molar-refractivity contribution in [1.82, 2.24) is 10.2 Å². The Labute approximate surface area is 102 Å². The largest absolute Gasteiger partial charge is 0.313 e. The van der Waals surface area contributed by atoms with Crippen LogP contribution in [0, 0.1) is 5.92 Å². The molecular weight excluding hydrogens is 196 g/mol. The summed E-state index contributed by atoms with van der Waals surface area (Å²) in [5.41, 5.74) is 0. The molecule has 1 unspecified atom stereocenters. The zero-order valence-electron chi connectivity index (χ0n) is 11.5. The van der Waals surface area contributed by atoms with Gasteiger partial charge in [0.05, 0.1) is 0 Å². The summed E-state index contributed by atoms with van der Waals surface area (Å²) in [5.74, 6) is 0.839. The lowest BCUT2D eigenvalue weighted by atomic mass is 10.0. The third kappa shape index (κ3) is 6.49. The predicted octanol–water partition coefficient (Wildman–Crippen LogP) is 2.89. The van der Waals surface area contributed by atoms with Crippen LogP contribution >= 0.6 is 0 Å². The molecule has 0 spiro atoms. The summed E-state index contributed by atoms with van der Waals surface area (Å²) in [6.45, 7) is 12.0. The zero-order chi connectivity index (χ0) is 11.8. The number of likely N-dealkylation sites (tertiary alicyclic amines) is 1. The highest BCUT2D eigenvalue weighted by Gasteiger charge is 2.09. The summed E-state index contributed by atoms with van der Waals surface area (Å²) in [6.07, 6.45) is 6.91. The van der Waals surface area contributed by atoms with E-state index in [0.29, 0.717) is 6.04 Å². The van der Waals surface area contributed by atoms with Crippen LogP contribution in [-0.2, 0) is 0 Å². The van der Waals surface area contributed by atoms with Gasteiger partial charge in [-0.05, 0) is 51.6 Å². The smallest absolute Gasteiger partial charge is 0.0107 e. The molecule has 0 aromatic heterocycles. The molecule has 2 nitrogen and oxygen atoms in total. The van der Waals surface area contributed by atoms with Crippen molar-refractivity contribution in [1.29, 1.82) is 0 Å². The Morgan fingerprint density at radius 2 is 1.69 bits per heavy atom. The van der Waals surface area contributed by atoms with Gasteiger partial charge in [0.15, 0.2) is 0 Å². The van der Waals surface area contributed by atoms with E-state index in [0.717, 1.165) is 5.92 Å². The van der Waals surface area contributed by atoms with Crippen LogP contribution in [0.4, 0.5) is 0 Å². The SMILES string of the molecule is CC(C)CCC(C)NCCN1CCCCC1. The number of rotatable bonds is 7. The van der Waals surface area contributed by atoms with Crippen molar-refractivity contribution < 1.29 is 0 Å². The molecule has 0 aromatic carbocycles. The van der Waals surface area contributed by atoms with Crippen LogP contribution in [0.2, 0.25) is 0 Å². The molecular formula is C14H30N2. The highest BCUT2D eigenvalue weighted by Crippen LogP contribution is 2.08. The maximum atomic E-state index is 3.64. The van der Waals surface area contributed by atoms with Gasteiger partial charge in [-0.25, -0.2) is 0 Å². The first-order valence-corrected chi connectivity index (χ1v) is 7.14. The molecule has 96 valence electrons. The minimum atomic E-state index is 0.687. The van der Waals surface area contributed by atoms with Gasteiger partial charge in [-0.15, -0.1) is 0 Å². The first-order valence-electron chi connectivity index (χ1n) is 7.14. The Bertz CT molecular complexity index is 162. The fraction of sp³-hybridized carbons (Fsp3) is 1.00. The van der Waals surface area contributed by atoms with Gasteiger partial charge in [-0.3, -0.25) is 0 Å². The lowest BCUT2D eigenvalue weighted by Crippen LogP contribution is -2.38. The third-order valence-corrected chi connectivity index (χ3v) is 3.55. The van der Waals surface area contributed by atoms with Crippen LogP contribution in [0.1, 0.15) is 52.9 Å². The van der Waals surface area contributed by atoms with Gasteiger partial charge in [0, 0.05) is 19.1 Å². The molecule has 0 radical (unpaired) electrons. The van der Waals surface area contributed by atoms with E-state index in [1.54, 1.807) is 0 Å². The fourth-order valence-electron chi connectivity index (χ4n) is 2.34. The Morgan fingerprint density at radius 3 is 2.31 bits per heavy atom. The van der Waals surface area contributed by atoms with Gasteiger partial charge in [-0.2, -0.15) is 0 Å². The van der Waals surface area contributed by atoms with Crippen molar-refractivity contribution in [2.24, 2.45) is 5.92 Å². The van der Waals surface area contributed by atoms with Crippen LogP contribution < -0.4 is 5.32 Å². The summed E-state index contributed by atoms with van der Waals surface area (Å²) < 4.78 is 0. The van der Waals surface area contributed by atoms with E-state index in [1.807, 2.05) is 0 Å². The lowest BCUT2D eigenvalue weighted by Gasteiger charge is -2.27. The molecule has 0 aromatic rings. The maximum absolute atomic E-state index is 3.64. The monoisotopic (exact) mass is 226 g/mol. The summed E-state index contributed by atoms with van der Waals surface area (Å²) in [7, 11) is 0. The highest BCUT2D eigenvalue weighted by molar-refractivity contribution is 4.68. The molecule has 0 aliphatic carbocycles. The highest BCUT2D eigenvalue weighted by atomic mass is 15.1. The van der Waals surface area contributed by atoms with Gasteiger partial charge >= 0.3 is 0 Å². The summed E-state index contributed by atoms with van der Waals surface area (Å²) >= 11 is 0. The molecule has 1 saturated heterocycles. The molecule has 1 aliphatic heterocycles. The molecule has 2 heteroatoms. The van der Waals surface area contributed by atoms with Crippen molar-refractivity contribution in [3.8, 4) is 0 Å². The molecule has 1 heterocycles. The molecule has 16 heavy (non-hydrogen) atoms. The van der Waals surface area contributed by atoms with Gasteiger partial charge in [-0.1, -0.05) is 20.3 Å². The Kier molecular flexibility index (Phi) is 7.06. The average molecular weight is 226 g/mol. The van der Waals surface area contributed by atoms with E-state index < -0.39 is 0 Å². The lowest BCUT2D eigenvalue weighted by molar-refractivity contribution is 0.226. The normalized spacial score (nSPS) is 20.2. The van der Waals surface area contributed by atoms with E-state index in [9.17, 15) is 0 Å². The van der Waals surface area contributed by atoms with Crippen molar-refractivity contribution in [3.63, 3.8) is 0 Å². The molecule has 0 bridgehead atoms. The summed E-state index contributed by atoms with van der Waals surface area (Å²) in [4.78, 5) is 2.60. The first kappa shape index (κ1) is 14.0. The van der Waals surface area contributed by atoms with Gasteiger partial charge in [0.1, 0.15) is 0 Å². The van der Waals surface area contributed by atoms with Crippen LogP contribution in [0.25, 0.3) is 0 Å². The summed E-state index contributed by atoms with van der Waals surface area (Å²) in [6, 6.07) is 0.687.